The number of nitrogens with one attached hydrogen (secondary N) is 2. The monoisotopic (exact) mass is 364 g/mol. The fourth-order valence-corrected chi connectivity index (χ4v) is 2.96. The molecule has 0 radical (unpaired) electrons. The lowest BCUT2D eigenvalue weighted by molar-refractivity contribution is 0.0935. The molecule has 1 unspecified atom stereocenters. The Morgan fingerprint density at radius 1 is 1.37 bits per heavy atom. The van der Waals surface area contributed by atoms with Crippen LogP contribution in [0, 0.1) is 5.82 Å². The zero-order valence-electron chi connectivity index (χ0n) is 14.6. The van der Waals surface area contributed by atoms with Crippen molar-refractivity contribution in [2.45, 2.75) is 19.4 Å². The van der Waals surface area contributed by atoms with Crippen molar-refractivity contribution in [2.75, 3.05) is 0 Å². The number of amides is 1. The van der Waals surface area contributed by atoms with Gasteiger partial charge in [-0.25, -0.2) is 14.4 Å². The normalized spacial score (nSPS) is 12.2. The van der Waals surface area contributed by atoms with Crippen molar-refractivity contribution >= 4 is 11.7 Å². The summed E-state index contributed by atoms with van der Waals surface area (Å²) < 4.78 is 15.3. The fourth-order valence-electron chi connectivity index (χ4n) is 2.96. The number of H-pyrrole nitrogens is 1. The summed E-state index contributed by atoms with van der Waals surface area (Å²) in [5, 5.41) is 9.70. The Kier molecular flexibility index (Phi) is 4.37. The number of aromatic amines is 1. The number of hydrogen-bond acceptors (Lipinski definition) is 4. The maximum atomic E-state index is 13.5. The van der Waals surface area contributed by atoms with Crippen LogP contribution in [0.15, 0.2) is 55.1 Å². The number of carbonyl (C=O) groups excluding carboxylic acids is 1. The van der Waals surface area contributed by atoms with Gasteiger partial charge in [-0.3, -0.25) is 14.3 Å². The highest BCUT2D eigenvalue weighted by atomic mass is 19.1. The van der Waals surface area contributed by atoms with Crippen LogP contribution >= 0.6 is 0 Å². The van der Waals surface area contributed by atoms with E-state index in [0.717, 1.165) is 5.69 Å². The second-order valence-electron chi connectivity index (χ2n) is 6.10. The minimum atomic E-state index is -0.378. The summed E-state index contributed by atoms with van der Waals surface area (Å²) in [6.45, 7) is 1.96. The molecule has 27 heavy (non-hydrogen) atoms. The van der Waals surface area contributed by atoms with Gasteiger partial charge in [-0.15, -0.1) is 0 Å². The lowest BCUT2D eigenvalue weighted by Gasteiger charge is -2.14. The molecule has 3 aromatic heterocycles. The number of benzene rings is 1. The molecule has 1 atom stereocenters. The average Bonchev–Trinajstić information content (AvgIpc) is 3.32. The van der Waals surface area contributed by atoms with Crippen molar-refractivity contribution in [1.29, 1.82) is 0 Å². The molecule has 0 fully saturated rings. The first-order valence-electron chi connectivity index (χ1n) is 8.55. The summed E-state index contributed by atoms with van der Waals surface area (Å²) in [4.78, 5) is 21.5. The van der Waals surface area contributed by atoms with E-state index in [9.17, 15) is 9.18 Å². The van der Waals surface area contributed by atoms with Gasteiger partial charge >= 0.3 is 0 Å². The molecule has 0 spiro atoms. The van der Waals surface area contributed by atoms with Gasteiger partial charge in [0.05, 0.1) is 29.2 Å². The molecule has 0 aliphatic heterocycles. The van der Waals surface area contributed by atoms with Crippen LogP contribution in [0.2, 0.25) is 0 Å². The van der Waals surface area contributed by atoms with Crippen molar-refractivity contribution in [3.05, 3.63) is 72.2 Å². The Labute approximate surface area is 154 Å². The maximum Gasteiger partial charge on any atom is 0.255 e. The van der Waals surface area contributed by atoms with E-state index in [1.165, 1.54) is 18.3 Å². The molecule has 0 saturated heterocycles. The lowest BCUT2D eigenvalue weighted by Crippen LogP contribution is -2.28. The molecule has 0 aliphatic rings. The number of halogens is 1. The van der Waals surface area contributed by atoms with Crippen LogP contribution in [0.4, 0.5) is 4.39 Å². The van der Waals surface area contributed by atoms with Gasteiger partial charge in [0.15, 0.2) is 0 Å². The molecule has 3 heterocycles. The topological polar surface area (TPSA) is 88.0 Å². The van der Waals surface area contributed by atoms with Gasteiger partial charge < -0.3 is 5.32 Å². The number of rotatable bonds is 5. The molecular weight excluding hydrogens is 347 g/mol. The van der Waals surface area contributed by atoms with Gasteiger partial charge in [-0.2, -0.15) is 5.10 Å². The Balaban J connectivity index is 1.61. The minimum absolute atomic E-state index is 0.283. The van der Waals surface area contributed by atoms with Crippen LogP contribution in [-0.2, 0) is 0 Å². The van der Waals surface area contributed by atoms with E-state index in [1.54, 1.807) is 22.7 Å². The van der Waals surface area contributed by atoms with E-state index in [0.29, 0.717) is 29.0 Å². The standard InChI is InChI=1S/C19H17FN6O/c1-2-15(16-11-26-8-4-7-21-19(26)24-16)23-18(27)14-10-22-25-17(14)12-5-3-6-13(20)9-12/h3-11,15H,2H2,1H3,(H,22,25)(H,23,27). The molecule has 136 valence electrons. The predicted molar refractivity (Wildman–Crippen MR) is 97.5 cm³/mol. The van der Waals surface area contributed by atoms with E-state index < -0.39 is 0 Å². The molecule has 0 aliphatic carbocycles. The van der Waals surface area contributed by atoms with E-state index in [2.05, 4.69) is 25.5 Å². The van der Waals surface area contributed by atoms with Gasteiger partial charge in [-0.05, 0) is 24.6 Å². The molecule has 1 amide bonds. The van der Waals surface area contributed by atoms with E-state index in [1.807, 2.05) is 25.4 Å². The molecular formula is C19H17FN6O. The molecule has 1 aromatic carbocycles. The summed E-state index contributed by atoms with van der Waals surface area (Å²) in [5.74, 6) is -0.110. The van der Waals surface area contributed by atoms with Gasteiger partial charge in [-0.1, -0.05) is 19.1 Å². The molecule has 0 bridgehead atoms. The number of aromatic nitrogens is 5. The third kappa shape index (κ3) is 3.29. The number of nitrogens with zero attached hydrogens (tertiary/aromatic N) is 4. The highest BCUT2D eigenvalue weighted by Gasteiger charge is 2.21. The van der Waals surface area contributed by atoms with Gasteiger partial charge in [0.2, 0.25) is 5.78 Å². The van der Waals surface area contributed by atoms with E-state index in [4.69, 9.17) is 0 Å². The maximum absolute atomic E-state index is 13.5. The lowest BCUT2D eigenvalue weighted by atomic mass is 10.1. The SMILES string of the molecule is CCC(NC(=O)c1cn[nH]c1-c1cccc(F)c1)c1cn2cccnc2n1. The van der Waals surface area contributed by atoms with Crippen LogP contribution in [0.25, 0.3) is 17.0 Å². The largest absolute Gasteiger partial charge is 0.343 e. The molecule has 2 N–H and O–H groups in total. The van der Waals surface area contributed by atoms with Crippen LogP contribution in [0.3, 0.4) is 0 Å². The summed E-state index contributed by atoms with van der Waals surface area (Å²) in [6, 6.07) is 7.55. The van der Waals surface area contributed by atoms with Crippen molar-refractivity contribution in [2.24, 2.45) is 0 Å². The summed E-state index contributed by atoms with van der Waals surface area (Å²) >= 11 is 0. The Hall–Kier alpha value is -3.55. The highest BCUT2D eigenvalue weighted by molar-refractivity contribution is 5.99. The Bertz CT molecular complexity index is 1070. The van der Waals surface area contributed by atoms with Crippen LogP contribution in [-0.4, -0.2) is 30.5 Å². The zero-order valence-corrected chi connectivity index (χ0v) is 14.6. The van der Waals surface area contributed by atoms with Crippen LogP contribution in [0.5, 0.6) is 0 Å². The van der Waals surface area contributed by atoms with Crippen molar-refractivity contribution in [3.8, 4) is 11.3 Å². The predicted octanol–water partition coefficient (Wildman–Crippen LogP) is 3.14. The number of hydrogen-bond donors (Lipinski definition) is 2. The number of carbonyl (C=O) groups is 1. The summed E-state index contributed by atoms with van der Waals surface area (Å²) in [6.07, 6.45) is 7.46. The second kappa shape index (κ2) is 6.99. The van der Waals surface area contributed by atoms with Crippen molar-refractivity contribution < 1.29 is 9.18 Å². The minimum Gasteiger partial charge on any atom is -0.343 e. The Morgan fingerprint density at radius 2 is 2.26 bits per heavy atom. The third-order valence-corrected chi connectivity index (χ3v) is 4.32. The van der Waals surface area contributed by atoms with Gasteiger partial charge in [0.25, 0.3) is 5.91 Å². The third-order valence-electron chi connectivity index (χ3n) is 4.32. The highest BCUT2D eigenvalue weighted by Crippen LogP contribution is 2.23. The van der Waals surface area contributed by atoms with Crippen molar-refractivity contribution in [3.63, 3.8) is 0 Å². The number of imidazole rings is 1. The van der Waals surface area contributed by atoms with Crippen LogP contribution < -0.4 is 5.32 Å². The molecule has 7 nitrogen and oxygen atoms in total. The van der Waals surface area contributed by atoms with E-state index >= 15 is 0 Å². The fraction of sp³-hybridized carbons (Fsp3) is 0.158. The molecule has 0 saturated carbocycles. The first-order valence-corrected chi connectivity index (χ1v) is 8.55. The average molecular weight is 364 g/mol. The summed E-state index contributed by atoms with van der Waals surface area (Å²) in [5.41, 5.74) is 2.10. The zero-order chi connectivity index (χ0) is 18.8. The summed E-state index contributed by atoms with van der Waals surface area (Å²) in [7, 11) is 0. The second-order valence-corrected chi connectivity index (χ2v) is 6.10. The molecule has 8 heteroatoms. The van der Waals surface area contributed by atoms with Crippen LogP contribution in [0.1, 0.15) is 35.4 Å². The van der Waals surface area contributed by atoms with E-state index in [-0.39, 0.29) is 17.8 Å². The molecule has 4 rings (SSSR count). The first-order chi connectivity index (χ1) is 13.2. The molecule has 4 aromatic rings. The van der Waals surface area contributed by atoms with Gasteiger partial charge in [0.1, 0.15) is 5.82 Å². The van der Waals surface area contributed by atoms with Crippen molar-refractivity contribution in [1.82, 2.24) is 29.9 Å². The number of fused-ring (bicyclic) bond motifs is 1. The smallest absolute Gasteiger partial charge is 0.255 e. The first kappa shape index (κ1) is 16.9. The Morgan fingerprint density at radius 3 is 3.04 bits per heavy atom. The van der Waals surface area contributed by atoms with Gasteiger partial charge in [0, 0.05) is 24.2 Å². The quantitative estimate of drug-likeness (QED) is 0.569.